The summed E-state index contributed by atoms with van der Waals surface area (Å²) < 4.78 is 0. The third kappa shape index (κ3) is 4.28. The molecule has 5 nitrogen and oxygen atoms in total. The number of nitrogens with zero attached hydrogens (tertiary/aromatic N) is 4. The Morgan fingerprint density at radius 1 is 1.24 bits per heavy atom. The SMILES string of the molecule is C[C@H]1C[C@H](c2ccc(C#N)c3ncccc23)CN(C(=O)CC2CCN(C)CC2)C1. The van der Waals surface area contributed by atoms with Crippen LogP contribution < -0.4 is 0 Å². The van der Waals surface area contributed by atoms with Crippen LogP contribution in [0, 0.1) is 23.2 Å². The van der Waals surface area contributed by atoms with Crippen LogP contribution in [0.5, 0.6) is 0 Å². The first-order valence-electron chi connectivity index (χ1n) is 10.8. The molecule has 2 saturated heterocycles. The number of amides is 1. The lowest BCUT2D eigenvalue weighted by Gasteiger charge is -2.38. The van der Waals surface area contributed by atoms with Gasteiger partial charge in [0.2, 0.25) is 5.91 Å². The van der Waals surface area contributed by atoms with Gasteiger partial charge >= 0.3 is 0 Å². The number of carbonyl (C=O) groups excluding carboxylic acids is 1. The smallest absolute Gasteiger partial charge is 0.222 e. The Hall–Kier alpha value is -2.45. The molecular weight excluding hydrogens is 360 g/mol. The molecule has 2 aliphatic heterocycles. The number of benzene rings is 1. The molecule has 4 rings (SSSR count). The molecule has 5 heteroatoms. The maximum Gasteiger partial charge on any atom is 0.222 e. The zero-order valence-corrected chi connectivity index (χ0v) is 17.5. The van der Waals surface area contributed by atoms with E-state index < -0.39 is 0 Å². The van der Waals surface area contributed by atoms with E-state index in [0.717, 1.165) is 56.3 Å². The molecule has 1 aromatic heterocycles. The Balaban J connectivity index is 1.53. The van der Waals surface area contributed by atoms with Crippen molar-refractivity contribution >= 4 is 16.8 Å². The quantitative estimate of drug-likeness (QED) is 0.800. The van der Waals surface area contributed by atoms with E-state index in [1.807, 2.05) is 12.1 Å². The fraction of sp³-hybridized carbons (Fsp3) is 0.542. The van der Waals surface area contributed by atoms with E-state index in [9.17, 15) is 10.1 Å². The summed E-state index contributed by atoms with van der Waals surface area (Å²) in [6.07, 6.45) is 5.74. The molecule has 0 bridgehead atoms. The predicted molar refractivity (Wildman–Crippen MR) is 114 cm³/mol. The molecule has 3 heterocycles. The second kappa shape index (κ2) is 8.51. The number of aromatic nitrogens is 1. The lowest BCUT2D eigenvalue weighted by Crippen LogP contribution is -2.43. The molecule has 0 spiro atoms. The number of nitriles is 1. The normalized spacial score (nSPS) is 23.8. The van der Waals surface area contributed by atoms with Gasteiger partial charge in [0.1, 0.15) is 6.07 Å². The molecule has 2 atom stereocenters. The number of likely N-dealkylation sites (tertiary alicyclic amines) is 2. The van der Waals surface area contributed by atoms with Crippen LogP contribution in [0.4, 0.5) is 0 Å². The third-order valence-electron chi connectivity index (χ3n) is 6.68. The van der Waals surface area contributed by atoms with Crippen molar-refractivity contribution in [2.75, 3.05) is 33.2 Å². The number of carbonyl (C=O) groups is 1. The number of rotatable bonds is 3. The van der Waals surface area contributed by atoms with Gasteiger partial charge in [-0.15, -0.1) is 0 Å². The second-order valence-electron chi connectivity index (χ2n) is 9.00. The Labute approximate surface area is 173 Å². The average molecular weight is 391 g/mol. The number of fused-ring (bicyclic) bond motifs is 1. The summed E-state index contributed by atoms with van der Waals surface area (Å²) in [5.74, 6) is 1.60. The monoisotopic (exact) mass is 390 g/mol. The molecule has 152 valence electrons. The van der Waals surface area contributed by atoms with E-state index in [2.05, 4.69) is 47.0 Å². The van der Waals surface area contributed by atoms with Crippen molar-refractivity contribution in [3.8, 4) is 6.07 Å². The maximum atomic E-state index is 13.1. The van der Waals surface area contributed by atoms with Crippen molar-refractivity contribution in [2.45, 2.75) is 38.5 Å². The van der Waals surface area contributed by atoms with Crippen LogP contribution in [0.2, 0.25) is 0 Å². The van der Waals surface area contributed by atoms with Gasteiger partial charge in [-0.05, 0) is 68.9 Å². The zero-order valence-electron chi connectivity index (χ0n) is 17.5. The minimum absolute atomic E-state index is 0.291. The fourth-order valence-electron chi connectivity index (χ4n) is 5.06. The minimum Gasteiger partial charge on any atom is -0.342 e. The molecule has 0 N–H and O–H groups in total. The molecule has 1 aromatic carbocycles. The Morgan fingerprint density at radius 3 is 2.79 bits per heavy atom. The first-order valence-corrected chi connectivity index (χ1v) is 10.8. The first kappa shape index (κ1) is 19.8. The van der Waals surface area contributed by atoms with Crippen molar-refractivity contribution in [1.29, 1.82) is 5.26 Å². The highest BCUT2D eigenvalue weighted by molar-refractivity contribution is 5.87. The minimum atomic E-state index is 0.291. The van der Waals surface area contributed by atoms with Crippen molar-refractivity contribution in [2.24, 2.45) is 11.8 Å². The van der Waals surface area contributed by atoms with E-state index in [0.29, 0.717) is 35.6 Å². The first-order chi connectivity index (χ1) is 14.0. The Morgan fingerprint density at radius 2 is 2.03 bits per heavy atom. The maximum absolute atomic E-state index is 13.1. The lowest BCUT2D eigenvalue weighted by atomic mass is 9.83. The van der Waals surface area contributed by atoms with E-state index in [1.165, 1.54) is 5.56 Å². The van der Waals surface area contributed by atoms with Gasteiger partial charge in [0.25, 0.3) is 0 Å². The summed E-state index contributed by atoms with van der Waals surface area (Å²) in [5, 5.41) is 10.5. The fourth-order valence-corrected chi connectivity index (χ4v) is 5.06. The summed E-state index contributed by atoms with van der Waals surface area (Å²) >= 11 is 0. The summed E-state index contributed by atoms with van der Waals surface area (Å²) in [4.78, 5) is 22.0. The van der Waals surface area contributed by atoms with E-state index in [4.69, 9.17) is 0 Å². The van der Waals surface area contributed by atoms with Crippen LogP contribution in [0.25, 0.3) is 10.9 Å². The zero-order chi connectivity index (χ0) is 20.4. The number of hydrogen-bond acceptors (Lipinski definition) is 4. The molecule has 1 amide bonds. The lowest BCUT2D eigenvalue weighted by molar-refractivity contribution is -0.134. The van der Waals surface area contributed by atoms with E-state index >= 15 is 0 Å². The van der Waals surface area contributed by atoms with E-state index in [-0.39, 0.29) is 0 Å². The largest absolute Gasteiger partial charge is 0.342 e. The van der Waals surface area contributed by atoms with Gasteiger partial charge in [-0.2, -0.15) is 5.26 Å². The topological polar surface area (TPSA) is 60.2 Å². The predicted octanol–water partition coefficient (Wildman–Crippen LogP) is 3.79. The number of pyridine rings is 1. The van der Waals surface area contributed by atoms with Crippen LogP contribution >= 0.6 is 0 Å². The molecule has 2 fully saturated rings. The molecule has 29 heavy (non-hydrogen) atoms. The molecule has 0 unspecified atom stereocenters. The number of piperidine rings is 2. The van der Waals surface area contributed by atoms with Crippen LogP contribution in [0.1, 0.15) is 49.7 Å². The molecular formula is C24H30N4O. The van der Waals surface area contributed by atoms with Crippen LogP contribution in [-0.2, 0) is 4.79 Å². The molecule has 2 aliphatic rings. The van der Waals surface area contributed by atoms with Crippen molar-refractivity contribution in [3.05, 3.63) is 41.6 Å². The van der Waals surface area contributed by atoms with Crippen LogP contribution in [-0.4, -0.2) is 53.9 Å². The Bertz CT molecular complexity index is 926. The highest BCUT2D eigenvalue weighted by atomic mass is 16.2. The Kier molecular flexibility index (Phi) is 5.82. The van der Waals surface area contributed by atoms with Gasteiger partial charge < -0.3 is 9.80 Å². The van der Waals surface area contributed by atoms with Crippen molar-refractivity contribution < 1.29 is 4.79 Å². The average Bonchev–Trinajstić information content (AvgIpc) is 2.74. The van der Waals surface area contributed by atoms with Crippen molar-refractivity contribution in [1.82, 2.24) is 14.8 Å². The summed E-state index contributed by atoms with van der Waals surface area (Å²) in [7, 11) is 2.16. The molecule has 2 aromatic rings. The van der Waals surface area contributed by atoms with Gasteiger partial charge in [-0.3, -0.25) is 9.78 Å². The van der Waals surface area contributed by atoms with Gasteiger partial charge in [0.15, 0.2) is 0 Å². The molecule has 0 aliphatic carbocycles. The summed E-state index contributed by atoms with van der Waals surface area (Å²) in [6.45, 7) is 6.06. The van der Waals surface area contributed by atoms with Crippen molar-refractivity contribution in [3.63, 3.8) is 0 Å². The molecule has 0 saturated carbocycles. The third-order valence-corrected chi connectivity index (χ3v) is 6.68. The van der Waals surface area contributed by atoms with Crippen LogP contribution in [0.15, 0.2) is 30.5 Å². The second-order valence-corrected chi connectivity index (χ2v) is 9.00. The number of hydrogen-bond donors (Lipinski definition) is 0. The molecule has 0 radical (unpaired) electrons. The van der Waals surface area contributed by atoms with Gasteiger partial charge in [0, 0.05) is 37.0 Å². The van der Waals surface area contributed by atoms with Gasteiger partial charge in [-0.25, -0.2) is 0 Å². The van der Waals surface area contributed by atoms with E-state index in [1.54, 1.807) is 6.20 Å². The standard InChI is InChI=1S/C24H30N4O/c1-17-12-20(21-6-5-19(14-25)24-22(21)4-3-9-26-24)16-28(15-17)23(29)13-18-7-10-27(2)11-8-18/h3-6,9,17-18,20H,7-8,10-13,15-16H2,1-2H3/t17-,20-/m0/s1. The van der Waals surface area contributed by atoms with Gasteiger partial charge in [0.05, 0.1) is 11.1 Å². The summed E-state index contributed by atoms with van der Waals surface area (Å²) in [5.41, 5.74) is 2.61. The van der Waals surface area contributed by atoms with Gasteiger partial charge in [-0.1, -0.05) is 19.1 Å². The highest BCUT2D eigenvalue weighted by Crippen LogP contribution is 2.35. The van der Waals surface area contributed by atoms with Crippen LogP contribution in [0.3, 0.4) is 0 Å². The summed E-state index contributed by atoms with van der Waals surface area (Å²) in [6, 6.07) is 10.2. The highest BCUT2D eigenvalue weighted by Gasteiger charge is 2.31.